The lowest BCUT2D eigenvalue weighted by Gasteiger charge is -2.07. The van der Waals surface area contributed by atoms with E-state index in [9.17, 15) is 4.79 Å². The average molecular weight is 440 g/mol. The molecule has 0 saturated carbocycles. The highest BCUT2D eigenvalue weighted by Crippen LogP contribution is 2.23. The number of esters is 1. The van der Waals surface area contributed by atoms with E-state index in [4.69, 9.17) is 21.1 Å². The molecule has 0 saturated heterocycles. The number of carbonyl (C=O) groups is 1. The van der Waals surface area contributed by atoms with Gasteiger partial charge in [0.1, 0.15) is 12.4 Å². The lowest BCUT2D eigenvalue weighted by Crippen LogP contribution is -2.05. The zero-order valence-electron chi connectivity index (χ0n) is 17.0. The number of benzene rings is 4. The molecule has 4 aromatic rings. The monoisotopic (exact) mass is 439 g/mol. The van der Waals surface area contributed by atoms with E-state index >= 15 is 0 Å². The van der Waals surface area contributed by atoms with Crippen LogP contribution in [0.25, 0.3) is 16.8 Å². The maximum atomic E-state index is 12.3. The number of ether oxygens (including phenoxy) is 2. The Morgan fingerprint density at radius 3 is 2.50 bits per heavy atom. The van der Waals surface area contributed by atoms with Crippen molar-refractivity contribution in [3.8, 4) is 5.75 Å². The summed E-state index contributed by atoms with van der Waals surface area (Å²) < 4.78 is 11.2. The molecule has 4 aromatic carbocycles. The number of fused-ring (bicyclic) bond motifs is 1. The van der Waals surface area contributed by atoms with E-state index in [0.29, 0.717) is 17.5 Å². The number of hydrogen-bond donors (Lipinski definition) is 0. The third kappa shape index (κ3) is 4.41. The van der Waals surface area contributed by atoms with Crippen molar-refractivity contribution in [2.75, 3.05) is 0 Å². The van der Waals surface area contributed by atoms with Crippen molar-refractivity contribution >= 4 is 40.3 Å². The van der Waals surface area contributed by atoms with Crippen LogP contribution in [0.5, 0.6) is 5.75 Å². The molecule has 0 bridgehead atoms. The van der Waals surface area contributed by atoms with Crippen LogP contribution >= 0.6 is 11.6 Å². The van der Waals surface area contributed by atoms with Crippen molar-refractivity contribution < 1.29 is 14.3 Å². The van der Waals surface area contributed by atoms with Crippen molar-refractivity contribution in [3.05, 3.63) is 118 Å². The predicted molar refractivity (Wildman–Crippen MR) is 127 cm³/mol. The van der Waals surface area contributed by atoms with Gasteiger partial charge in [-0.3, -0.25) is 0 Å². The Morgan fingerprint density at radius 1 is 0.875 bits per heavy atom. The summed E-state index contributed by atoms with van der Waals surface area (Å²) in [5, 5.41) is 2.87. The molecule has 1 aliphatic rings. The molecule has 5 rings (SSSR count). The molecule has 0 spiro atoms. The number of nitrogens with zero attached hydrogens (tertiary/aromatic N) is 1. The van der Waals surface area contributed by atoms with Crippen LogP contribution in [0.2, 0.25) is 5.02 Å². The Morgan fingerprint density at radius 2 is 1.69 bits per heavy atom. The van der Waals surface area contributed by atoms with Crippen molar-refractivity contribution in [3.63, 3.8) is 0 Å². The molecular formula is C27H18ClNO3. The lowest BCUT2D eigenvalue weighted by atomic mass is 10.1. The summed E-state index contributed by atoms with van der Waals surface area (Å²) in [6, 6.07) is 28.9. The summed E-state index contributed by atoms with van der Waals surface area (Å²) >= 11 is 6.00. The van der Waals surface area contributed by atoms with E-state index in [1.54, 1.807) is 6.08 Å². The topological polar surface area (TPSA) is 47.9 Å². The fourth-order valence-corrected chi connectivity index (χ4v) is 3.68. The number of cyclic esters (lactones) is 1. The molecule has 4 nitrogen and oxygen atoms in total. The molecule has 0 amide bonds. The molecule has 1 aliphatic heterocycles. The number of aliphatic imine (C=N–C) groups is 1. The molecular weight excluding hydrogens is 422 g/mol. The molecule has 0 aromatic heterocycles. The van der Waals surface area contributed by atoms with Gasteiger partial charge in [-0.15, -0.1) is 0 Å². The minimum absolute atomic E-state index is 0.265. The van der Waals surface area contributed by atoms with Crippen LogP contribution < -0.4 is 4.74 Å². The Bertz CT molecular complexity index is 1370. The SMILES string of the molecule is O=C1OC(c2ccc3ccccc3c2)=NC1=Cc1ccc(OCc2cccc(Cl)c2)cc1. The molecule has 0 radical (unpaired) electrons. The molecule has 0 N–H and O–H groups in total. The first-order valence-corrected chi connectivity index (χ1v) is 10.5. The smallest absolute Gasteiger partial charge is 0.363 e. The predicted octanol–water partition coefficient (Wildman–Crippen LogP) is 6.42. The summed E-state index contributed by atoms with van der Waals surface area (Å²) in [7, 11) is 0. The maximum absolute atomic E-state index is 12.3. The minimum atomic E-state index is -0.463. The average Bonchev–Trinajstić information content (AvgIpc) is 3.18. The fraction of sp³-hybridized carbons (Fsp3) is 0.0370. The van der Waals surface area contributed by atoms with Gasteiger partial charge in [-0.1, -0.05) is 66.2 Å². The van der Waals surface area contributed by atoms with E-state index in [2.05, 4.69) is 4.99 Å². The maximum Gasteiger partial charge on any atom is 0.363 e. The highest BCUT2D eigenvalue weighted by Gasteiger charge is 2.24. The van der Waals surface area contributed by atoms with Crippen LogP contribution in [0, 0.1) is 0 Å². The third-order valence-corrected chi connectivity index (χ3v) is 5.33. The van der Waals surface area contributed by atoms with Gasteiger partial charge in [0.05, 0.1) is 0 Å². The van der Waals surface area contributed by atoms with E-state index in [1.165, 1.54) is 0 Å². The van der Waals surface area contributed by atoms with Gasteiger partial charge in [-0.25, -0.2) is 9.79 Å². The zero-order chi connectivity index (χ0) is 21.9. The molecule has 0 atom stereocenters. The van der Waals surface area contributed by atoms with Crippen LogP contribution in [0.1, 0.15) is 16.7 Å². The van der Waals surface area contributed by atoms with Crippen LogP contribution in [0.15, 0.2) is 102 Å². The Kier molecular flexibility index (Phi) is 5.44. The second-order valence-electron chi connectivity index (χ2n) is 7.39. The van der Waals surface area contributed by atoms with Crippen LogP contribution in [0.3, 0.4) is 0 Å². The molecule has 0 aliphatic carbocycles. The number of rotatable bonds is 5. The van der Waals surface area contributed by atoms with E-state index in [1.807, 2.05) is 91.0 Å². The fourth-order valence-electron chi connectivity index (χ4n) is 3.47. The molecule has 5 heteroatoms. The summed E-state index contributed by atoms with van der Waals surface area (Å²) in [6.07, 6.45) is 1.71. The van der Waals surface area contributed by atoms with Crippen molar-refractivity contribution in [1.29, 1.82) is 0 Å². The second kappa shape index (κ2) is 8.69. The van der Waals surface area contributed by atoms with E-state index in [0.717, 1.165) is 33.2 Å². The third-order valence-electron chi connectivity index (χ3n) is 5.09. The van der Waals surface area contributed by atoms with Gasteiger partial charge in [0.15, 0.2) is 5.70 Å². The number of carbonyl (C=O) groups excluding carboxylic acids is 1. The molecule has 0 fully saturated rings. The van der Waals surface area contributed by atoms with Gasteiger partial charge in [0.2, 0.25) is 5.90 Å². The Labute approximate surface area is 190 Å². The Balaban J connectivity index is 1.31. The molecule has 32 heavy (non-hydrogen) atoms. The quantitative estimate of drug-likeness (QED) is 0.266. The van der Waals surface area contributed by atoms with Gasteiger partial charge < -0.3 is 9.47 Å². The van der Waals surface area contributed by atoms with Crippen molar-refractivity contribution in [2.24, 2.45) is 4.99 Å². The summed E-state index contributed by atoms with van der Waals surface area (Å²) in [6.45, 7) is 0.423. The van der Waals surface area contributed by atoms with Gasteiger partial charge >= 0.3 is 5.97 Å². The normalized spacial score (nSPS) is 14.5. The molecule has 0 unspecified atom stereocenters. The second-order valence-corrected chi connectivity index (χ2v) is 7.82. The van der Waals surface area contributed by atoms with Crippen molar-refractivity contribution in [2.45, 2.75) is 6.61 Å². The van der Waals surface area contributed by atoms with Crippen LogP contribution in [0.4, 0.5) is 0 Å². The number of hydrogen-bond acceptors (Lipinski definition) is 4. The highest BCUT2D eigenvalue weighted by atomic mass is 35.5. The van der Waals surface area contributed by atoms with Crippen LogP contribution in [-0.4, -0.2) is 11.9 Å². The van der Waals surface area contributed by atoms with Gasteiger partial charge in [-0.2, -0.15) is 0 Å². The first-order valence-electron chi connectivity index (χ1n) is 10.1. The van der Waals surface area contributed by atoms with E-state index in [-0.39, 0.29) is 5.70 Å². The van der Waals surface area contributed by atoms with Crippen LogP contribution in [-0.2, 0) is 16.1 Å². The first kappa shape index (κ1) is 20.0. The van der Waals surface area contributed by atoms with Gasteiger partial charge in [-0.05, 0) is 64.4 Å². The molecule has 156 valence electrons. The minimum Gasteiger partial charge on any atom is -0.489 e. The largest absolute Gasteiger partial charge is 0.489 e. The summed E-state index contributed by atoms with van der Waals surface area (Å²) in [5.41, 5.74) is 2.86. The number of halogens is 1. The van der Waals surface area contributed by atoms with E-state index < -0.39 is 5.97 Å². The highest BCUT2D eigenvalue weighted by molar-refractivity contribution is 6.30. The molecule has 1 heterocycles. The summed E-state index contributed by atoms with van der Waals surface area (Å²) in [5.74, 6) is 0.574. The lowest BCUT2D eigenvalue weighted by molar-refractivity contribution is -0.129. The zero-order valence-corrected chi connectivity index (χ0v) is 17.8. The van der Waals surface area contributed by atoms with Gasteiger partial charge in [0, 0.05) is 10.6 Å². The first-order chi connectivity index (χ1) is 15.6. The summed E-state index contributed by atoms with van der Waals surface area (Å²) in [4.78, 5) is 16.7. The van der Waals surface area contributed by atoms with Gasteiger partial charge in [0.25, 0.3) is 0 Å². The van der Waals surface area contributed by atoms with Crippen molar-refractivity contribution in [1.82, 2.24) is 0 Å². The Hall–Kier alpha value is -3.89. The standard InChI is InChI=1S/C27H18ClNO3/c28-23-7-3-4-19(14-23)17-31-24-12-8-18(9-13-24)15-25-27(30)32-26(29-25)22-11-10-20-5-1-2-6-21(20)16-22/h1-16H,17H2.